The topological polar surface area (TPSA) is 67.8 Å². The second kappa shape index (κ2) is 5.48. The van der Waals surface area contributed by atoms with Gasteiger partial charge in [0, 0.05) is 17.7 Å². The van der Waals surface area contributed by atoms with E-state index in [2.05, 4.69) is 42.2 Å². The number of hydrogen-bond donors (Lipinski definition) is 2. The minimum Gasteiger partial charge on any atom is -0.469 e. The van der Waals surface area contributed by atoms with Crippen molar-refractivity contribution in [3.8, 4) is 11.1 Å². The van der Waals surface area contributed by atoms with E-state index in [0.29, 0.717) is 5.82 Å². The molecule has 3 rings (SSSR count). The molecule has 108 valence electrons. The summed E-state index contributed by atoms with van der Waals surface area (Å²) < 4.78 is 5.38. The van der Waals surface area contributed by atoms with Crippen molar-refractivity contribution in [3.05, 3.63) is 59.2 Å². The van der Waals surface area contributed by atoms with E-state index in [0.717, 1.165) is 35.4 Å². The number of nitrogens with zero attached hydrogens (tertiary/aromatic N) is 1. The molecule has 1 aromatic carbocycles. The van der Waals surface area contributed by atoms with Gasteiger partial charge in [-0.1, -0.05) is 18.2 Å². The molecule has 0 saturated heterocycles. The Labute approximate surface area is 124 Å². The third kappa shape index (κ3) is 2.70. The normalized spacial score (nSPS) is 11.0. The van der Waals surface area contributed by atoms with Crippen LogP contribution in [0.3, 0.4) is 0 Å². The van der Waals surface area contributed by atoms with Crippen molar-refractivity contribution >= 4 is 5.82 Å². The first-order valence-electron chi connectivity index (χ1n) is 7.08. The van der Waals surface area contributed by atoms with Gasteiger partial charge in [-0.3, -0.25) is 5.10 Å². The van der Waals surface area contributed by atoms with Gasteiger partial charge in [-0.15, -0.1) is 0 Å². The van der Waals surface area contributed by atoms with E-state index in [9.17, 15) is 0 Å². The van der Waals surface area contributed by atoms with Gasteiger partial charge < -0.3 is 10.2 Å². The maximum atomic E-state index is 6.04. The van der Waals surface area contributed by atoms with Crippen LogP contribution in [0.15, 0.2) is 41.0 Å². The lowest BCUT2D eigenvalue weighted by molar-refractivity contribution is 0.507. The van der Waals surface area contributed by atoms with Crippen LogP contribution in [-0.2, 0) is 12.8 Å². The molecule has 0 bridgehead atoms. The first-order valence-corrected chi connectivity index (χ1v) is 7.08. The molecule has 0 spiro atoms. The summed E-state index contributed by atoms with van der Waals surface area (Å²) in [5.74, 6) is 1.52. The van der Waals surface area contributed by atoms with Gasteiger partial charge >= 0.3 is 0 Å². The lowest BCUT2D eigenvalue weighted by Crippen LogP contribution is -1.95. The molecule has 0 aliphatic rings. The maximum Gasteiger partial charge on any atom is 0.153 e. The maximum absolute atomic E-state index is 6.04. The van der Waals surface area contributed by atoms with Crippen molar-refractivity contribution in [2.75, 3.05) is 5.73 Å². The molecule has 4 heteroatoms. The van der Waals surface area contributed by atoms with Crippen LogP contribution in [0.2, 0.25) is 0 Å². The predicted molar refractivity (Wildman–Crippen MR) is 84.0 cm³/mol. The number of aromatic amines is 1. The van der Waals surface area contributed by atoms with E-state index in [1.165, 1.54) is 11.1 Å². The van der Waals surface area contributed by atoms with Crippen LogP contribution in [0.4, 0.5) is 5.82 Å². The van der Waals surface area contributed by atoms with Crippen LogP contribution in [0.1, 0.15) is 22.6 Å². The number of H-pyrrole nitrogens is 1. The van der Waals surface area contributed by atoms with Crippen molar-refractivity contribution in [2.24, 2.45) is 0 Å². The minimum absolute atomic E-state index is 0.549. The number of nitrogen functional groups attached to an aromatic ring is 1. The van der Waals surface area contributed by atoms with E-state index >= 15 is 0 Å². The number of nitrogens with two attached hydrogens (primary N) is 1. The smallest absolute Gasteiger partial charge is 0.153 e. The van der Waals surface area contributed by atoms with Gasteiger partial charge in [-0.25, -0.2) is 0 Å². The molecule has 0 aliphatic heterocycles. The fourth-order valence-corrected chi connectivity index (χ4v) is 2.50. The highest BCUT2D eigenvalue weighted by Gasteiger charge is 2.14. The number of hydrogen-bond acceptors (Lipinski definition) is 3. The summed E-state index contributed by atoms with van der Waals surface area (Å²) in [6.45, 7) is 4.22. The predicted octanol–water partition coefficient (Wildman–Crippen LogP) is 3.65. The zero-order valence-corrected chi connectivity index (χ0v) is 12.3. The Morgan fingerprint density at radius 3 is 2.71 bits per heavy atom. The summed E-state index contributed by atoms with van der Waals surface area (Å²) in [6.07, 6.45) is 3.34. The molecule has 3 N–H and O–H groups in total. The number of rotatable bonds is 4. The summed E-state index contributed by atoms with van der Waals surface area (Å²) >= 11 is 0. The van der Waals surface area contributed by atoms with Crippen molar-refractivity contribution in [1.82, 2.24) is 10.2 Å². The fourth-order valence-electron chi connectivity index (χ4n) is 2.50. The van der Waals surface area contributed by atoms with Crippen molar-refractivity contribution in [3.63, 3.8) is 0 Å². The molecule has 4 nitrogen and oxygen atoms in total. The summed E-state index contributed by atoms with van der Waals surface area (Å²) in [5.41, 5.74) is 11.7. The van der Waals surface area contributed by atoms with Crippen molar-refractivity contribution in [1.29, 1.82) is 0 Å². The Morgan fingerprint density at radius 2 is 2.00 bits per heavy atom. The van der Waals surface area contributed by atoms with E-state index in [-0.39, 0.29) is 0 Å². The fraction of sp³-hybridized carbons (Fsp3) is 0.235. The zero-order chi connectivity index (χ0) is 14.8. The van der Waals surface area contributed by atoms with E-state index in [1.54, 1.807) is 6.26 Å². The second-order valence-electron chi connectivity index (χ2n) is 5.34. The number of aromatic nitrogens is 2. The lowest BCUT2D eigenvalue weighted by Gasteiger charge is -2.07. The van der Waals surface area contributed by atoms with Crippen LogP contribution in [0.5, 0.6) is 0 Å². The third-order valence-electron chi connectivity index (χ3n) is 3.87. The van der Waals surface area contributed by atoms with Gasteiger partial charge in [0.15, 0.2) is 5.82 Å². The molecule has 0 aliphatic carbocycles. The Hall–Kier alpha value is -2.49. The molecule has 0 fully saturated rings. The minimum atomic E-state index is 0.549. The van der Waals surface area contributed by atoms with Gasteiger partial charge in [0.25, 0.3) is 0 Å². The number of benzene rings is 1. The van der Waals surface area contributed by atoms with Gasteiger partial charge in [0.1, 0.15) is 5.76 Å². The van der Waals surface area contributed by atoms with Crippen LogP contribution < -0.4 is 5.73 Å². The summed E-state index contributed by atoms with van der Waals surface area (Å²) in [5, 5.41) is 7.22. The Kier molecular flexibility index (Phi) is 3.52. The Bertz CT molecular complexity index is 741. The number of nitrogens with one attached hydrogen (secondary N) is 1. The standard InChI is InChI=1S/C17H19N3O/c1-11-5-6-13(10-12(11)2)16-15(19-20-17(16)18)8-7-14-4-3-9-21-14/h3-6,9-10H,7-8H2,1-2H3,(H3,18,19,20). The monoisotopic (exact) mass is 281 g/mol. The summed E-state index contributed by atoms with van der Waals surface area (Å²) in [4.78, 5) is 0. The molecule has 3 aromatic rings. The average molecular weight is 281 g/mol. The average Bonchev–Trinajstić information content (AvgIpc) is 3.09. The van der Waals surface area contributed by atoms with Gasteiger partial charge in [-0.05, 0) is 49.1 Å². The Balaban J connectivity index is 1.91. The molecule has 0 unspecified atom stereocenters. The van der Waals surface area contributed by atoms with E-state index < -0.39 is 0 Å². The zero-order valence-electron chi connectivity index (χ0n) is 12.3. The first kappa shape index (κ1) is 13.5. The molecule has 2 heterocycles. The van der Waals surface area contributed by atoms with E-state index in [4.69, 9.17) is 10.2 Å². The van der Waals surface area contributed by atoms with Crippen LogP contribution in [0.25, 0.3) is 11.1 Å². The molecule has 0 atom stereocenters. The molecule has 0 amide bonds. The number of anilines is 1. The summed E-state index contributed by atoms with van der Waals surface area (Å²) in [7, 11) is 0. The third-order valence-corrected chi connectivity index (χ3v) is 3.87. The SMILES string of the molecule is Cc1ccc(-c2c(N)n[nH]c2CCc2ccco2)cc1C. The quantitative estimate of drug-likeness (QED) is 0.767. The van der Waals surface area contributed by atoms with Gasteiger partial charge in [0.05, 0.1) is 6.26 Å². The molecule has 0 radical (unpaired) electrons. The highest BCUT2D eigenvalue weighted by Crippen LogP contribution is 2.30. The van der Waals surface area contributed by atoms with E-state index in [1.807, 2.05) is 12.1 Å². The number of furan rings is 1. The van der Waals surface area contributed by atoms with Gasteiger partial charge in [0.2, 0.25) is 0 Å². The van der Waals surface area contributed by atoms with Crippen LogP contribution >= 0.6 is 0 Å². The van der Waals surface area contributed by atoms with Crippen molar-refractivity contribution in [2.45, 2.75) is 26.7 Å². The second-order valence-corrected chi connectivity index (χ2v) is 5.34. The molecule has 0 saturated carbocycles. The molecule has 2 aromatic heterocycles. The molecule has 21 heavy (non-hydrogen) atoms. The van der Waals surface area contributed by atoms with Crippen molar-refractivity contribution < 1.29 is 4.42 Å². The molecular formula is C17H19N3O. The highest BCUT2D eigenvalue weighted by molar-refractivity contribution is 5.76. The number of aryl methyl sites for hydroxylation is 4. The van der Waals surface area contributed by atoms with Gasteiger partial charge in [-0.2, -0.15) is 5.10 Å². The lowest BCUT2D eigenvalue weighted by atomic mass is 9.98. The van der Waals surface area contributed by atoms with Crippen LogP contribution in [-0.4, -0.2) is 10.2 Å². The van der Waals surface area contributed by atoms with Crippen LogP contribution in [0, 0.1) is 13.8 Å². The highest BCUT2D eigenvalue weighted by atomic mass is 16.3. The summed E-state index contributed by atoms with van der Waals surface area (Å²) in [6, 6.07) is 10.3. The Morgan fingerprint density at radius 1 is 1.14 bits per heavy atom. The first-order chi connectivity index (χ1) is 10.1. The largest absolute Gasteiger partial charge is 0.469 e. The molecular weight excluding hydrogens is 262 g/mol.